The summed E-state index contributed by atoms with van der Waals surface area (Å²) in [4.78, 5) is 11.5. The van der Waals surface area contributed by atoms with E-state index in [1.807, 2.05) is 6.92 Å². The first-order valence-electron chi connectivity index (χ1n) is 5.43. The van der Waals surface area contributed by atoms with Crippen LogP contribution in [0.3, 0.4) is 0 Å². The van der Waals surface area contributed by atoms with Gasteiger partial charge >= 0.3 is 0 Å². The Hall–Kier alpha value is -0.830. The number of carbonyl (C=O) groups is 1. The van der Waals surface area contributed by atoms with Gasteiger partial charge in [0.2, 0.25) is 5.91 Å². The third kappa shape index (κ3) is 1.81. The largest absolute Gasteiger partial charge is 0.349 e. The molecule has 1 amide bonds. The summed E-state index contributed by atoms with van der Waals surface area (Å²) in [7, 11) is 0. The molecule has 86 valence electrons. The van der Waals surface area contributed by atoms with Crippen LogP contribution in [-0.4, -0.2) is 18.0 Å². The van der Waals surface area contributed by atoms with Crippen molar-refractivity contribution in [1.29, 1.82) is 0 Å². The summed E-state index contributed by atoms with van der Waals surface area (Å²) in [5.74, 6) is -0.0319. The lowest BCUT2D eigenvalue weighted by atomic mass is 9.48. The van der Waals surface area contributed by atoms with E-state index in [0.29, 0.717) is 0 Å². The number of hydrogen-bond donors (Lipinski definition) is 2. The van der Waals surface area contributed by atoms with Crippen molar-refractivity contribution in [2.24, 2.45) is 16.6 Å². The summed E-state index contributed by atoms with van der Waals surface area (Å²) in [5, 5.41) is 3.02. The molecule has 1 aliphatic carbocycles. The fourth-order valence-electron chi connectivity index (χ4n) is 2.89. The topological polar surface area (TPSA) is 55.1 Å². The third-order valence-electron chi connectivity index (χ3n) is 3.70. The summed E-state index contributed by atoms with van der Waals surface area (Å²) < 4.78 is 0. The summed E-state index contributed by atoms with van der Waals surface area (Å²) in [6.45, 7) is 10.2. The van der Waals surface area contributed by atoms with E-state index in [4.69, 9.17) is 5.73 Å². The Morgan fingerprint density at radius 3 is 2.13 bits per heavy atom. The molecule has 1 fully saturated rings. The first-order chi connectivity index (χ1) is 6.74. The monoisotopic (exact) mass is 210 g/mol. The standard InChI is InChI=1S/C12H22N2O/c1-6-7-8(15)14-10-11(2,3)9(13)12(10,4)5/h6-7,9-10H,13H2,1-5H3,(H,14,15). The SMILES string of the molecule is CC=CC(=O)NC1C(C)(C)C(N)C1(C)C. The molecule has 0 spiro atoms. The van der Waals surface area contributed by atoms with E-state index in [1.54, 1.807) is 12.2 Å². The number of nitrogens with two attached hydrogens (primary N) is 1. The summed E-state index contributed by atoms with van der Waals surface area (Å²) in [6, 6.07) is 0.268. The zero-order chi connectivity index (χ0) is 11.9. The molecule has 0 unspecified atom stereocenters. The van der Waals surface area contributed by atoms with Gasteiger partial charge in [-0.25, -0.2) is 0 Å². The smallest absolute Gasteiger partial charge is 0.243 e. The molecule has 0 aromatic carbocycles. The molecule has 0 aromatic heterocycles. The highest BCUT2D eigenvalue weighted by Gasteiger charge is 2.60. The molecule has 15 heavy (non-hydrogen) atoms. The van der Waals surface area contributed by atoms with E-state index in [1.165, 1.54) is 0 Å². The van der Waals surface area contributed by atoms with Crippen LogP contribution in [0, 0.1) is 10.8 Å². The zero-order valence-corrected chi connectivity index (χ0v) is 10.3. The van der Waals surface area contributed by atoms with Gasteiger partial charge in [-0.2, -0.15) is 0 Å². The second-order valence-electron chi connectivity index (χ2n) is 5.56. The number of nitrogens with one attached hydrogen (secondary N) is 1. The molecule has 0 saturated heterocycles. The van der Waals surface area contributed by atoms with E-state index in [0.717, 1.165) is 0 Å². The summed E-state index contributed by atoms with van der Waals surface area (Å²) in [6.07, 6.45) is 3.30. The molecular formula is C12H22N2O. The van der Waals surface area contributed by atoms with Crippen molar-refractivity contribution in [3.8, 4) is 0 Å². The normalized spacial score (nSPS) is 32.4. The highest BCUT2D eigenvalue weighted by Crippen LogP contribution is 2.52. The van der Waals surface area contributed by atoms with Gasteiger partial charge in [0.05, 0.1) is 0 Å². The fourth-order valence-corrected chi connectivity index (χ4v) is 2.89. The molecular weight excluding hydrogens is 188 g/mol. The first kappa shape index (κ1) is 12.2. The van der Waals surface area contributed by atoms with Crippen molar-refractivity contribution in [3.63, 3.8) is 0 Å². The average molecular weight is 210 g/mol. The minimum atomic E-state index is -0.0319. The van der Waals surface area contributed by atoms with Gasteiger partial charge in [0.15, 0.2) is 0 Å². The van der Waals surface area contributed by atoms with Crippen LogP contribution < -0.4 is 11.1 Å². The highest BCUT2D eigenvalue weighted by molar-refractivity contribution is 5.87. The van der Waals surface area contributed by atoms with Crippen molar-refractivity contribution < 1.29 is 4.79 Å². The molecule has 3 nitrogen and oxygen atoms in total. The van der Waals surface area contributed by atoms with Crippen LogP contribution >= 0.6 is 0 Å². The Balaban J connectivity index is 2.74. The lowest BCUT2D eigenvalue weighted by Crippen LogP contribution is -2.75. The quantitative estimate of drug-likeness (QED) is 0.678. The van der Waals surface area contributed by atoms with Crippen LogP contribution in [-0.2, 0) is 4.79 Å². The van der Waals surface area contributed by atoms with Gasteiger partial charge in [-0.1, -0.05) is 33.8 Å². The minimum Gasteiger partial charge on any atom is -0.349 e. The van der Waals surface area contributed by atoms with Gasteiger partial charge in [-0.3, -0.25) is 4.79 Å². The van der Waals surface area contributed by atoms with Gasteiger partial charge in [-0.15, -0.1) is 0 Å². The number of rotatable bonds is 2. The van der Waals surface area contributed by atoms with Crippen LogP contribution in [0.25, 0.3) is 0 Å². The summed E-state index contributed by atoms with van der Waals surface area (Å²) >= 11 is 0. The molecule has 3 N–H and O–H groups in total. The van der Waals surface area contributed by atoms with Crippen molar-refractivity contribution in [1.82, 2.24) is 5.32 Å². The van der Waals surface area contributed by atoms with Gasteiger partial charge < -0.3 is 11.1 Å². The molecule has 0 bridgehead atoms. The Morgan fingerprint density at radius 2 is 1.73 bits per heavy atom. The molecule has 1 rings (SSSR count). The zero-order valence-electron chi connectivity index (χ0n) is 10.3. The second kappa shape index (κ2) is 3.63. The minimum absolute atomic E-state index is 0.0270. The number of hydrogen-bond acceptors (Lipinski definition) is 2. The van der Waals surface area contributed by atoms with Gasteiger partial charge in [0.1, 0.15) is 0 Å². The Bertz CT molecular complexity index is 276. The summed E-state index contributed by atoms with van der Waals surface area (Å²) in [5.41, 5.74) is 6.05. The molecule has 0 atom stereocenters. The fraction of sp³-hybridized carbons (Fsp3) is 0.750. The second-order valence-corrected chi connectivity index (χ2v) is 5.56. The maximum absolute atomic E-state index is 11.5. The Kier molecular flexibility index (Phi) is 2.97. The molecule has 1 aliphatic rings. The number of allylic oxidation sites excluding steroid dienone is 1. The lowest BCUT2D eigenvalue weighted by molar-refractivity contribution is -0.127. The van der Waals surface area contributed by atoms with Crippen LogP contribution in [0.15, 0.2) is 12.2 Å². The van der Waals surface area contributed by atoms with E-state index in [9.17, 15) is 4.79 Å². The third-order valence-corrected chi connectivity index (χ3v) is 3.70. The average Bonchev–Trinajstić information content (AvgIpc) is 2.13. The molecule has 0 aromatic rings. The molecule has 0 heterocycles. The lowest BCUT2D eigenvalue weighted by Gasteiger charge is -2.62. The van der Waals surface area contributed by atoms with Crippen LogP contribution in [0.5, 0.6) is 0 Å². The van der Waals surface area contributed by atoms with Crippen LogP contribution in [0.1, 0.15) is 34.6 Å². The van der Waals surface area contributed by atoms with Gasteiger partial charge in [-0.05, 0) is 13.0 Å². The molecule has 0 radical (unpaired) electrons. The van der Waals surface area contributed by atoms with E-state index in [-0.39, 0.29) is 28.8 Å². The van der Waals surface area contributed by atoms with Gasteiger partial charge in [0.25, 0.3) is 0 Å². The molecule has 0 aliphatic heterocycles. The maximum Gasteiger partial charge on any atom is 0.243 e. The van der Waals surface area contributed by atoms with E-state index >= 15 is 0 Å². The maximum atomic E-state index is 11.5. The van der Waals surface area contributed by atoms with Crippen LogP contribution in [0.2, 0.25) is 0 Å². The van der Waals surface area contributed by atoms with E-state index < -0.39 is 0 Å². The van der Waals surface area contributed by atoms with Gasteiger partial charge in [0, 0.05) is 22.9 Å². The van der Waals surface area contributed by atoms with Crippen molar-refractivity contribution in [2.75, 3.05) is 0 Å². The van der Waals surface area contributed by atoms with E-state index in [2.05, 4.69) is 33.0 Å². The predicted molar refractivity (Wildman–Crippen MR) is 62.3 cm³/mol. The molecule has 3 heteroatoms. The van der Waals surface area contributed by atoms with Crippen molar-refractivity contribution >= 4 is 5.91 Å². The Labute approximate surface area is 92.1 Å². The predicted octanol–water partition coefficient (Wildman–Crippen LogP) is 1.44. The van der Waals surface area contributed by atoms with Crippen LogP contribution in [0.4, 0.5) is 0 Å². The Morgan fingerprint density at radius 1 is 1.27 bits per heavy atom. The number of carbonyl (C=O) groups excluding carboxylic acids is 1. The number of amides is 1. The van der Waals surface area contributed by atoms with Crippen molar-refractivity contribution in [3.05, 3.63) is 12.2 Å². The first-order valence-corrected chi connectivity index (χ1v) is 5.43. The molecule has 1 saturated carbocycles. The van der Waals surface area contributed by atoms with Crippen molar-refractivity contribution in [2.45, 2.75) is 46.7 Å². The highest BCUT2D eigenvalue weighted by atomic mass is 16.1.